The highest BCUT2D eigenvalue weighted by atomic mass is 16.4. The Balaban J connectivity index is 2.82. The smallest absolute Gasteiger partial charge is 0.329 e. The van der Waals surface area contributed by atoms with Gasteiger partial charge < -0.3 is 10.0 Å². The van der Waals surface area contributed by atoms with Gasteiger partial charge in [0.2, 0.25) is 5.91 Å². The number of rotatable bonds is 4. The van der Waals surface area contributed by atoms with Gasteiger partial charge in [-0.15, -0.1) is 0 Å². The molecule has 0 unspecified atom stereocenters. The molecular weight excluding hydrogens is 256 g/mol. The van der Waals surface area contributed by atoms with Crippen molar-refractivity contribution >= 4 is 18.0 Å². The molecule has 5 nitrogen and oxygen atoms in total. The van der Waals surface area contributed by atoms with Crippen molar-refractivity contribution in [3.8, 4) is 6.07 Å². The molecule has 1 N–H and O–H groups in total. The van der Waals surface area contributed by atoms with Gasteiger partial charge in [0.25, 0.3) is 0 Å². The monoisotopic (exact) mass is 272 g/mol. The van der Waals surface area contributed by atoms with E-state index in [-0.39, 0.29) is 0 Å². The largest absolute Gasteiger partial charge is 0.480 e. The van der Waals surface area contributed by atoms with Crippen LogP contribution < -0.4 is 0 Å². The van der Waals surface area contributed by atoms with Gasteiger partial charge in [-0.1, -0.05) is 12.1 Å². The highest BCUT2D eigenvalue weighted by Gasteiger charge is 2.34. The number of amides is 1. The molecule has 1 amide bonds. The molecule has 0 heterocycles. The van der Waals surface area contributed by atoms with Gasteiger partial charge in [0.1, 0.15) is 5.54 Å². The zero-order chi connectivity index (χ0) is 15.3. The van der Waals surface area contributed by atoms with Gasteiger partial charge in [0, 0.05) is 13.1 Å². The van der Waals surface area contributed by atoms with E-state index in [2.05, 4.69) is 0 Å². The topological polar surface area (TPSA) is 81.4 Å². The number of hydrogen-bond donors (Lipinski definition) is 1. The number of carbonyl (C=O) groups excluding carboxylic acids is 1. The fourth-order valence-electron chi connectivity index (χ4n) is 1.37. The van der Waals surface area contributed by atoms with Crippen molar-refractivity contribution in [2.45, 2.75) is 19.4 Å². The quantitative estimate of drug-likeness (QED) is 0.849. The molecule has 5 heteroatoms. The third-order valence-electron chi connectivity index (χ3n) is 3.15. The maximum atomic E-state index is 11.9. The molecule has 0 aliphatic carbocycles. The summed E-state index contributed by atoms with van der Waals surface area (Å²) < 4.78 is 0. The van der Waals surface area contributed by atoms with Crippen LogP contribution in [-0.2, 0) is 9.59 Å². The fraction of sp³-hybridized carbons (Fsp3) is 0.267. The van der Waals surface area contributed by atoms with E-state index < -0.39 is 17.4 Å². The molecule has 0 bridgehead atoms. The standard InChI is InChI=1S/C15H16N2O3/c1-15(2,14(19)20)17(3)13(18)9-8-11-4-6-12(10-16)7-5-11/h4-9H,1-3H3,(H,19,20). The molecular formula is C15H16N2O3. The number of benzene rings is 1. The van der Waals surface area contributed by atoms with Crippen molar-refractivity contribution in [1.82, 2.24) is 4.90 Å². The second-order valence-electron chi connectivity index (χ2n) is 4.83. The first-order chi connectivity index (χ1) is 9.28. The molecule has 20 heavy (non-hydrogen) atoms. The van der Waals surface area contributed by atoms with Crippen LogP contribution in [0.3, 0.4) is 0 Å². The highest BCUT2D eigenvalue weighted by Crippen LogP contribution is 2.13. The molecule has 0 aromatic heterocycles. The van der Waals surface area contributed by atoms with Crippen LogP contribution in [0.2, 0.25) is 0 Å². The first kappa shape index (κ1) is 15.4. The molecule has 0 aliphatic rings. The normalized spacial score (nSPS) is 11.1. The molecule has 0 saturated carbocycles. The van der Waals surface area contributed by atoms with Gasteiger partial charge in [0.05, 0.1) is 11.6 Å². The average Bonchev–Trinajstić information content (AvgIpc) is 2.44. The van der Waals surface area contributed by atoms with Crippen LogP contribution in [0.4, 0.5) is 0 Å². The van der Waals surface area contributed by atoms with Gasteiger partial charge >= 0.3 is 5.97 Å². The maximum Gasteiger partial charge on any atom is 0.329 e. The lowest BCUT2D eigenvalue weighted by atomic mass is 10.0. The Bertz CT molecular complexity index is 580. The summed E-state index contributed by atoms with van der Waals surface area (Å²) in [5, 5.41) is 17.7. The van der Waals surface area contributed by atoms with E-state index in [1.54, 1.807) is 30.3 Å². The molecule has 0 aliphatic heterocycles. The second-order valence-corrected chi connectivity index (χ2v) is 4.83. The second kappa shape index (κ2) is 6.02. The summed E-state index contributed by atoms with van der Waals surface area (Å²) in [6.45, 7) is 2.92. The lowest BCUT2D eigenvalue weighted by Crippen LogP contribution is -2.50. The Morgan fingerprint density at radius 3 is 2.30 bits per heavy atom. The van der Waals surface area contributed by atoms with Crippen LogP contribution in [0.1, 0.15) is 25.0 Å². The Morgan fingerprint density at radius 1 is 1.30 bits per heavy atom. The Hall–Kier alpha value is -2.61. The van der Waals surface area contributed by atoms with Crippen molar-refractivity contribution < 1.29 is 14.7 Å². The van der Waals surface area contributed by atoms with Gasteiger partial charge in [-0.2, -0.15) is 5.26 Å². The van der Waals surface area contributed by atoms with E-state index in [4.69, 9.17) is 10.4 Å². The van der Waals surface area contributed by atoms with Crippen LogP contribution in [0, 0.1) is 11.3 Å². The zero-order valence-electron chi connectivity index (χ0n) is 11.6. The molecule has 104 valence electrons. The summed E-state index contributed by atoms with van der Waals surface area (Å²) >= 11 is 0. The molecule has 0 spiro atoms. The number of carboxylic acids is 1. The Morgan fingerprint density at radius 2 is 1.85 bits per heavy atom. The van der Waals surface area contributed by atoms with E-state index in [0.29, 0.717) is 5.56 Å². The molecule has 0 radical (unpaired) electrons. The summed E-state index contributed by atoms with van der Waals surface area (Å²) in [6.07, 6.45) is 2.89. The van der Waals surface area contributed by atoms with Crippen molar-refractivity contribution in [2.24, 2.45) is 0 Å². The van der Waals surface area contributed by atoms with Crippen molar-refractivity contribution in [1.29, 1.82) is 5.26 Å². The first-order valence-electron chi connectivity index (χ1n) is 5.98. The number of aliphatic carboxylic acids is 1. The SMILES string of the molecule is CN(C(=O)C=Cc1ccc(C#N)cc1)C(C)(C)C(=O)O. The molecule has 1 aromatic rings. The molecule has 0 fully saturated rings. The summed E-state index contributed by atoms with van der Waals surface area (Å²) in [4.78, 5) is 24.1. The molecule has 0 saturated heterocycles. The Labute approximate surface area is 117 Å². The number of nitrogens with zero attached hydrogens (tertiary/aromatic N) is 2. The van der Waals surface area contributed by atoms with Gasteiger partial charge in [0.15, 0.2) is 0 Å². The van der Waals surface area contributed by atoms with Crippen molar-refractivity contribution in [2.75, 3.05) is 7.05 Å². The number of likely N-dealkylation sites (N-methyl/N-ethyl adjacent to an activating group) is 1. The van der Waals surface area contributed by atoms with E-state index in [9.17, 15) is 9.59 Å². The number of hydrogen-bond acceptors (Lipinski definition) is 3. The van der Waals surface area contributed by atoms with Gasteiger partial charge in [-0.25, -0.2) is 4.79 Å². The van der Waals surface area contributed by atoms with Gasteiger partial charge in [-0.05, 0) is 37.6 Å². The predicted octanol–water partition coefficient (Wildman–Crippen LogP) is 1.89. The maximum absolute atomic E-state index is 11.9. The van der Waals surface area contributed by atoms with Crippen LogP contribution in [0.25, 0.3) is 6.08 Å². The van der Waals surface area contributed by atoms with Crippen LogP contribution in [0.5, 0.6) is 0 Å². The van der Waals surface area contributed by atoms with Crippen molar-refractivity contribution in [3.63, 3.8) is 0 Å². The van der Waals surface area contributed by atoms with E-state index in [1.165, 1.54) is 27.0 Å². The van der Waals surface area contributed by atoms with E-state index in [0.717, 1.165) is 10.5 Å². The van der Waals surface area contributed by atoms with E-state index >= 15 is 0 Å². The molecule has 1 rings (SSSR count). The zero-order valence-corrected chi connectivity index (χ0v) is 11.6. The lowest BCUT2D eigenvalue weighted by molar-refractivity contribution is -0.153. The summed E-state index contributed by atoms with van der Waals surface area (Å²) in [6, 6.07) is 8.73. The Kier molecular flexibility index (Phi) is 4.65. The summed E-state index contributed by atoms with van der Waals surface area (Å²) in [7, 11) is 1.44. The third-order valence-corrected chi connectivity index (χ3v) is 3.15. The molecule has 1 aromatic carbocycles. The van der Waals surface area contributed by atoms with Crippen LogP contribution >= 0.6 is 0 Å². The van der Waals surface area contributed by atoms with Crippen LogP contribution in [-0.4, -0.2) is 34.5 Å². The van der Waals surface area contributed by atoms with E-state index in [1.807, 2.05) is 6.07 Å². The minimum absolute atomic E-state index is 0.401. The summed E-state index contributed by atoms with van der Waals surface area (Å²) in [5.74, 6) is -1.47. The lowest BCUT2D eigenvalue weighted by Gasteiger charge is -2.30. The highest BCUT2D eigenvalue weighted by molar-refractivity contribution is 5.95. The minimum atomic E-state index is -1.27. The average molecular weight is 272 g/mol. The number of nitriles is 1. The molecule has 0 atom stereocenters. The predicted molar refractivity (Wildman–Crippen MR) is 74.7 cm³/mol. The van der Waals surface area contributed by atoms with Crippen LogP contribution in [0.15, 0.2) is 30.3 Å². The van der Waals surface area contributed by atoms with Gasteiger partial charge in [-0.3, -0.25) is 4.79 Å². The minimum Gasteiger partial charge on any atom is -0.480 e. The number of carbonyl (C=O) groups is 2. The summed E-state index contributed by atoms with van der Waals surface area (Å²) in [5.41, 5.74) is 0.0306. The number of carboxylic acid groups (broad SMARTS) is 1. The third kappa shape index (κ3) is 3.45. The van der Waals surface area contributed by atoms with Crippen molar-refractivity contribution in [3.05, 3.63) is 41.5 Å². The first-order valence-corrected chi connectivity index (χ1v) is 5.98. The fourth-order valence-corrected chi connectivity index (χ4v) is 1.37.